The number of nitrogens with zero attached hydrogens (tertiary/aromatic N) is 2. The van der Waals surface area contributed by atoms with Gasteiger partial charge in [0.05, 0.1) is 17.1 Å². The van der Waals surface area contributed by atoms with E-state index in [0.29, 0.717) is 38.9 Å². The number of nitriles is 1. The van der Waals surface area contributed by atoms with Crippen LogP contribution in [0.25, 0.3) is 22.0 Å². The van der Waals surface area contributed by atoms with Crippen LogP contribution in [0.5, 0.6) is 0 Å². The number of fused-ring (bicyclic) bond motifs is 1. The van der Waals surface area contributed by atoms with E-state index in [1.807, 2.05) is 6.07 Å². The van der Waals surface area contributed by atoms with Crippen LogP contribution in [0, 0.1) is 29.9 Å². The molecule has 0 bridgehead atoms. The van der Waals surface area contributed by atoms with E-state index in [1.54, 1.807) is 30.7 Å². The van der Waals surface area contributed by atoms with Crippen molar-refractivity contribution in [3.63, 3.8) is 0 Å². The van der Waals surface area contributed by atoms with Gasteiger partial charge in [0.1, 0.15) is 5.69 Å². The lowest BCUT2D eigenvalue weighted by Crippen LogP contribution is -2.16. The Hall–Kier alpha value is -3.20. The number of nitrogens with two attached hydrogens (primary N) is 1. The highest BCUT2D eigenvalue weighted by atomic mass is 19.2. The summed E-state index contributed by atoms with van der Waals surface area (Å²) in [5, 5.41) is 9.93. The van der Waals surface area contributed by atoms with Gasteiger partial charge in [-0.15, -0.1) is 0 Å². The Bertz CT molecular complexity index is 1040. The van der Waals surface area contributed by atoms with Crippen LogP contribution in [0.3, 0.4) is 0 Å². The largest absolute Gasteiger partial charge is 0.364 e. The van der Waals surface area contributed by atoms with Crippen molar-refractivity contribution in [3.8, 4) is 17.2 Å². The van der Waals surface area contributed by atoms with E-state index in [0.717, 1.165) is 12.1 Å². The summed E-state index contributed by atoms with van der Waals surface area (Å²) in [6.07, 6.45) is 0. The molecule has 0 aliphatic heterocycles. The number of aromatic nitrogens is 1. The zero-order valence-electron chi connectivity index (χ0n) is 13.0. The average molecular weight is 325 g/mol. The number of carbonyl (C=O) groups is 1. The van der Waals surface area contributed by atoms with Gasteiger partial charge in [0.15, 0.2) is 11.6 Å². The highest BCUT2D eigenvalue weighted by Gasteiger charge is 2.20. The van der Waals surface area contributed by atoms with Crippen molar-refractivity contribution in [1.29, 1.82) is 5.26 Å². The minimum absolute atomic E-state index is 0.309. The average Bonchev–Trinajstić information content (AvgIpc) is 2.80. The van der Waals surface area contributed by atoms with E-state index >= 15 is 0 Å². The number of hydrogen-bond acceptors (Lipinski definition) is 2. The lowest BCUT2D eigenvalue weighted by molar-refractivity contribution is 0.0992. The van der Waals surface area contributed by atoms with Crippen LogP contribution in [-0.4, -0.2) is 10.5 Å². The molecule has 0 saturated heterocycles. The van der Waals surface area contributed by atoms with Gasteiger partial charge in [-0.3, -0.25) is 4.79 Å². The van der Waals surface area contributed by atoms with E-state index < -0.39 is 17.5 Å². The summed E-state index contributed by atoms with van der Waals surface area (Å²) in [5.41, 5.74) is 8.32. The van der Waals surface area contributed by atoms with Crippen LogP contribution < -0.4 is 5.73 Å². The van der Waals surface area contributed by atoms with E-state index in [1.165, 1.54) is 6.07 Å². The molecule has 0 radical (unpaired) electrons. The van der Waals surface area contributed by atoms with E-state index in [2.05, 4.69) is 0 Å². The molecule has 0 saturated carbocycles. The van der Waals surface area contributed by atoms with Gasteiger partial charge in [-0.2, -0.15) is 5.26 Å². The zero-order chi connectivity index (χ0) is 17.6. The van der Waals surface area contributed by atoms with Gasteiger partial charge in [0.25, 0.3) is 5.91 Å². The molecule has 0 spiro atoms. The molecule has 2 aromatic carbocycles. The Kier molecular flexibility index (Phi) is 3.57. The van der Waals surface area contributed by atoms with Gasteiger partial charge in [0, 0.05) is 18.0 Å². The summed E-state index contributed by atoms with van der Waals surface area (Å²) in [6.45, 7) is 1.73. The fourth-order valence-electron chi connectivity index (χ4n) is 3.07. The predicted molar refractivity (Wildman–Crippen MR) is 86.2 cm³/mol. The summed E-state index contributed by atoms with van der Waals surface area (Å²) in [7, 11) is 1.67. The van der Waals surface area contributed by atoms with Crippen LogP contribution in [-0.2, 0) is 7.05 Å². The highest BCUT2D eigenvalue weighted by Crippen LogP contribution is 2.35. The smallest absolute Gasteiger partial charge is 0.265 e. The number of rotatable bonds is 2. The van der Waals surface area contributed by atoms with Crippen molar-refractivity contribution in [2.45, 2.75) is 6.92 Å². The Morgan fingerprint density at radius 2 is 1.92 bits per heavy atom. The Morgan fingerprint density at radius 3 is 2.50 bits per heavy atom. The number of halogens is 2. The van der Waals surface area contributed by atoms with Gasteiger partial charge in [-0.25, -0.2) is 8.78 Å². The third-order valence-corrected chi connectivity index (χ3v) is 4.13. The topological polar surface area (TPSA) is 71.8 Å². The molecule has 0 aliphatic rings. The normalized spacial score (nSPS) is 10.8. The molecule has 3 rings (SSSR count). The van der Waals surface area contributed by atoms with Gasteiger partial charge >= 0.3 is 0 Å². The van der Waals surface area contributed by atoms with Gasteiger partial charge < -0.3 is 10.3 Å². The first-order valence-corrected chi connectivity index (χ1v) is 7.13. The maximum Gasteiger partial charge on any atom is 0.265 e. The van der Waals surface area contributed by atoms with Crippen LogP contribution >= 0.6 is 0 Å². The summed E-state index contributed by atoms with van der Waals surface area (Å²) in [4.78, 5) is 11.7. The predicted octanol–water partition coefficient (Wildman–Crippen LogP) is 3.40. The lowest BCUT2D eigenvalue weighted by Gasteiger charge is -2.09. The van der Waals surface area contributed by atoms with Crippen molar-refractivity contribution in [2.75, 3.05) is 0 Å². The van der Waals surface area contributed by atoms with Crippen molar-refractivity contribution in [2.24, 2.45) is 12.8 Å². The maximum absolute atomic E-state index is 13.6. The molecule has 2 N–H and O–H groups in total. The fraction of sp³-hybridized carbons (Fsp3) is 0.111. The first kappa shape index (κ1) is 15.7. The monoisotopic (exact) mass is 325 g/mol. The lowest BCUT2D eigenvalue weighted by atomic mass is 9.98. The Morgan fingerprint density at radius 1 is 1.21 bits per heavy atom. The van der Waals surface area contributed by atoms with Gasteiger partial charge in [0.2, 0.25) is 0 Å². The number of hydrogen-bond donors (Lipinski definition) is 1. The number of benzene rings is 2. The maximum atomic E-state index is 13.6. The molecule has 0 atom stereocenters. The number of carbonyl (C=O) groups excluding carboxylic acids is 1. The quantitative estimate of drug-likeness (QED) is 0.784. The SMILES string of the molecule is Cc1c(C(N)=O)n(C)c2c(-c3ccc(F)c(F)c3)cc(C#N)cc12. The van der Waals surface area contributed by atoms with Crippen LogP contribution in [0.4, 0.5) is 8.78 Å². The number of primary amides is 1. The number of aryl methyl sites for hydroxylation is 2. The summed E-state index contributed by atoms with van der Waals surface area (Å²) >= 11 is 0. The van der Waals surface area contributed by atoms with Gasteiger partial charge in [-0.1, -0.05) is 6.07 Å². The third-order valence-electron chi connectivity index (χ3n) is 4.13. The number of amides is 1. The second-order valence-corrected chi connectivity index (χ2v) is 5.56. The summed E-state index contributed by atoms with van der Waals surface area (Å²) < 4.78 is 28.5. The minimum Gasteiger partial charge on any atom is -0.364 e. The van der Waals surface area contributed by atoms with Crippen molar-refractivity contribution in [1.82, 2.24) is 4.57 Å². The molecule has 6 heteroatoms. The first-order chi connectivity index (χ1) is 11.3. The Balaban J connectivity index is 2.47. The molecule has 1 amide bonds. The Labute approximate surface area is 136 Å². The molecular weight excluding hydrogens is 312 g/mol. The van der Waals surface area contributed by atoms with Crippen LogP contribution in [0.1, 0.15) is 21.6 Å². The fourth-order valence-corrected chi connectivity index (χ4v) is 3.07. The zero-order valence-corrected chi connectivity index (χ0v) is 13.0. The van der Waals surface area contributed by atoms with Gasteiger partial charge in [-0.05, 0) is 42.3 Å². The molecule has 4 nitrogen and oxygen atoms in total. The molecule has 120 valence electrons. The highest BCUT2D eigenvalue weighted by molar-refractivity contribution is 6.05. The molecule has 0 unspecified atom stereocenters. The third kappa shape index (κ3) is 2.22. The second kappa shape index (κ2) is 5.46. The molecule has 3 aromatic rings. The van der Waals surface area contributed by atoms with Crippen LogP contribution in [0.15, 0.2) is 30.3 Å². The van der Waals surface area contributed by atoms with Crippen molar-refractivity contribution >= 4 is 16.8 Å². The van der Waals surface area contributed by atoms with E-state index in [-0.39, 0.29) is 0 Å². The molecule has 1 aromatic heterocycles. The standard InChI is InChI=1S/C18H13F2N3O/c1-9-12-5-10(8-21)6-13(11-3-4-14(19)15(20)7-11)17(12)23(2)16(9)18(22)24/h3-7H,1-2H3,(H2,22,24). The summed E-state index contributed by atoms with van der Waals surface area (Å²) in [5.74, 6) is -2.53. The van der Waals surface area contributed by atoms with Crippen molar-refractivity contribution in [3.05, 3.63) is 58.8 Å². The van der Waals surface area contributed by atoms with E-state index in [9.17, 15) is 18.8 Å². The summed E-state index contributed by atoms with van der Waals surface area (Å²) in [6, 6.07) is 8.81. The second-order valence-electron chi connectivity index (χ2n) is 5.56. The first-order valence-electron chi connectivity index (χ1n) is 7.13. The molecule has 1 heterocycles. The molecule has 0 aliphatic carbocycles. The molecule has 24 heavy (non-hydrogen) atoms. The van der Waals surface area contributed by atoms with Crippen LogP contribution in [0.2, 0.25) is 0 Å². The molecular formula is C18H13F2N3O. The molecule has 0 fully saturated rings. The van der Waals surface area contributed by atoms with Crippen molar-refractivity contribution < 1.29 is 13.6 Å². The minimum atomic E-state index is -0.982. The van der Waals surface area contributed by atoms with E-state index in [4.69, 9.17) is 5.73 Å².